The molecule has 0 spiro atoms. The van der Waals surface area contributed by atoms with Gasteiger partial charge in [0.25, 0.3) is 0 Å². The molecular formula is C19H13Cl3O4. The zero-order chi connectivity index (χ0) is 18.7. The fourth-order valence-electron chi connectivity index (χ4n) is 2.38. The van der Waals surface area contributed by atoms with Gasteiger partial charge >= 0.3 is 5.97 Å². The predicted molar refractivity (Wildman–Crippen MR) is 101 cm³/mol. The van der Waals surface area contributed by atoms with Crippen molar-refractivity contribution in [3.63, 3.8) is 0 Å². The summed E-state index contributed by atoms with van der Waals surface area (Å²) >= 11 is 17.6. The Bertz CT molecular complexity index is 906. The second-order valence-electron chi connectivity index (χ2n) is 5.53. The minimum atomic E-state index is -0.390. The van der Waals surface area contributed by atoms with Gasteiger partial charge in [-0.05, 0) is 42.3 Å². The van der Waals surface area contributed by atoms with Gasteiger partial charge in [0.15, 0.2) is 5.76 Å². The topological polar surface area (TPSA) is 52.6 Å². The van der Waals surface area contributed by atoms with Crippen LogP contribution in [0.5, 0.6) is 11.5 Å². The van der Waals surface area contributed by atoms with Crippen molar-refractivity contribution < 1.29 is 19.1 Å². The van der Waals surface area contributed by atoms with E-state index >= 15 is 0 Å². The van der Waals surface area contributed by atoms with E-state index in [4.69, 9.17) is 44.3 Å². The maximum absolute atomic E-state index is 12.5. The number of alkyl halides is 1. The molecule has 0 saturated heterocycles. The van der Waals surface area contributed by atoms with Crippen LogP contribution in [0.25, 0.3) is 6.08 Å². The first kappa shape index (κ1) is 18.8. The Labute approximate surface area is 165 Å². The number of hydrogen-bond donors (Lipinski definition) is 0. The number of ketones is 1. The molecule has 4 nitrogen and oxygen atoms in total. The molecule has 0 atom stereocenters. The predicted octanol–water partition coefficient (Wildman–Crippen LogP) is 5.53. The van der Waals surface area contributed by atoms with E-state index in [1.54, 1.807) is 36.4 Å². The number of carbonyl (C=O) groups is 2. The summed E-state index contributed by atoms with van der Waals surface area (Å²) in [4.78, 5) is 24.2. The lowest BCUT2D eigenvalue weighted by molar-refractivity contribution is -0.134. The number of allylic oxidation sites excluding steroid dienone is 1. The third-order valence-electron chi connectivity index (χ3n) is 3.64. The van der Waals surface area contributed by atoms with Crippen molar-refractivity contribution in [2.75, 3.05) is 5.88 Å². The van der Waals surface area contributed by atoms with Gasteiger partial charge in [-0.2, -0.15) is 0 Å². The van der Waals surface area contributed by atoms with Gasteiger partial charge in [-0.15, -0.1) is 11.6 Å². The number of ether oxygens (including phenoxy) is 2. The highest BCUT2D eigenvalue weighted by atomic mass is 35.5. The maximum Gasteiger partial charge on any atom is 0.311 e. The molecule has 0 N–H and O–H groups in total. The molecule has 0 aromatic heterocycles. The zero-order valence-electron chi connectivity index (χ0n) is 13.4. The van der Waals surface area contributed by atoms with Crippen LogP contribution in [-0.4, -0.2) is 17.6 Å². The Kier molecular flexibility index (Phi) is 5.87. The molecule has 0 bridgehead atoms. The number of benzene rings is 2. The van der Waals surface area contributed by atoms with E-state index in [2.05, 4.69) is 0 Å². The highest BCUT2D eigenvalue weighted by Crippen LogP contribution is 2.35. The first-order valence-corrected chi connectivity index (χ1v) is 9.07. The lowest BCUT2D eigenvalue weighted by Gasteiger charge is -2.05. The van der Waals surface area contributed by atoms with Crippen LogP contribution in [0.4, 0.5) is 0 Å². The van der Waals surface area contributed by atoms with Crippen LogP contribution in [0.15, 0.2) is 42.2 Å². The van der Waals surface area contributed by atoms with E-state index in [-0.39, 0.29) is 18.0 Å². The van der Waals surface area contributed by atoms with Crippen molar-refractivity contribution in [2.45, 2.75) is 12.8 Å². The average molecular weight is 412 g/mol. The van der Waals surface area contributed by atoms with Gasteiger partial charge in [-0.25, -0.2) is 0 Å². The number of Topliss-reactive ketones (excluding diaryl/α,β-unsaturated/α-hetero) is 1. The van der Waals surface area contributed by atoms with E-state index in [0.717, 1.165) is 0 Å². The summed E-state index contributed by atoms with van der Waals surface area (Å²) in [6.45, 7) is 0. The minimum Gasteiger partial charge on any atom is -0.452 e. The lowest BCUT2D eigenvalue weighted by Crippen LogP contribution is -2.07. The normalized spacial score (nSPS) is 14.3. The van der Waals surface area contributed by atoms with Crippen molar-refractivity contribution in [1.82, 2.24) is 0 Å². The van der Waals surface area contributed by atoms with Crippen LogP contribution in [0.1, 0.15) is 28.8 Å². The molecule has 0 saturated carbocycles. The number of esters is 1. The average Bonchev–Trinajstić information content (AvgIpc) is 2.91. The maximum atomic E-state index is 12.5. The standard InChI is InChI=1S/C19H13Cl3O4/c20-7-1-2-18(23)25-13-5-6-14-16(10-13)26-17(19(14)24)8-11-3-4-12(21)9-15(11)22/h3-6,8-10H,1-2,7H2. The molecule has 0 radical (unpaired) electrons. The van der Waals surface area contributed by atoms with E-state index in [1.807, 2.05) is 0 Å². The summed E-state index contributed by atoms with van der Waals surface area (Å²) in [5, 5.41) is 0.908. The summed E-state index contributed by atoms with van der Waals surface area (Å²) in [7, 11) is 0. The molecule has 7 heteroatoms. The van der Waals surface area contributed by atoms with Crippen LogP contribution in [0.3, 0.4) is 0 Å². The van der Waals surface area contributed by atoms with Crippen LogP contribution >= 0.6 is 34.8 Å². The van der Waals surface area contributed by atoms with E-state index in [1.165, 1.54) is 6.07 Å². The minimum absolute atomic E-state index is 0.134. The van der Waals surface area contributed by atoms with E-state index in [9.17, 15) is 9.59 Å². The summed E-state index contributed by atoms with van der Waals surface area (Å²) < 4.78 is 10.8. The number of carbonyl (C=O) groups excluding carboxylic acids is 2. The molecule has 0 aliphatic carbocycles. The summed E-state index contributed by atoms with van der Waals surface area (Å²) in [5.74, 6) is 0.494. The van der Waals surface area contributed by atoms with Gasteiger partial charge in [-0.1, -0.05) is 29.3 Å². The molecule has 1 heterocycles. The fraction of sp³-hybridized carbons (Fsp3) is 0.158. The molecule has 3 rings (SSSR count). The molecule has 2 aromatic carbocycles. The van der Waals surface area contributed by atoms with Crippen molar-refractivity contribution in [2.24, 2.45) is 0 Å². The van der Waals surface area contributed by atoms with E-state index in [0.29, 0.717) is 45.0 Å². The first-order chi connectivity index (χ1) is 12.5. The second-order valence-corrected chi connectivity index (χ2v) is 6.75. The molecule has 1 aliphatic rings. The smallest absolute Gasteiger partial charge is 0.311 e. The van der Waals surface area contributed by atoms with Crippen molar-refractivity contribution >= 4 is 52.6 Å². The highest BCUT2D eigenvalue weighted by Gasteiger charge is 2.28. The van der Waals surface area contributed by atoms with Crippen molar-refractivity contribution in [3.05, 3.63) is 63.3 Å². The lowest BCUT2D eigenvalue weighted by atomic mass is 10.1. The number of hydrogen-bond acceptors (Lipinski definition) is 4. The van der Waals surface area contributed by atoms with Crippen LogP contribution in [0.2, 0.25) is 10.0 Å². The molecular weight excluding hydrogens is 399 g/mol. The molecule has 26 heavy (non-hydrogen) atoms. The Morgan fingerprint density at radius 2 is 1.96 bits per heavy atom. The Balaban J connectivity index is 1.80. The van der Waals surface area contributed by atoms with Gasteiger partial charge in [0.05, 0.1) is 5.56 Å². The molecule has 134 valence electrons. The monoisotopic (exact) mass is 410 g/mol. The third-order valence-corrected chi connectivity index (χ3v) is 4.47. The fourth-order valence-corrected chi connectivity index (χ4v) is 2.98. The Morgan fingerprint density at radius 3 is 2.69 bits per heavy atom. The number of halogens is 3. The molecule has 1 aliphatic heterocycles. The van der Waals surface area contributed by atoms with Gasteiger partial charge in [0, 0.05) is 28.4 Å². The van der Waals surface area contributed by atoms with Crippen LogP contribution in [0, 0.1) is 0 Å². The summed E-state index contributed by atoms with van der Waals surface area (Å²) in [5.41, 5.74) is 1.00. The molecule has 2 aromatic rings. The summed E-state index contributed by atoms with van der Waals surface area (Å²) in [6.07, 6.45) is 2.31. The van der Waals surface area contributed by atoms with E-state index < -0.39 is 5.97 Å². The first-order valence-electron chi connectivity index (χ1n) is 7.78. The molecule has 0 fully saturated rings. The van der Waals surface area contributed by atoms with Gasteiger partial charge in [0.2, 0.25) is 5.78 Å². The quantitative estimate of drug-likeness (QED) is 0.281. The molecule has 0 amide bonds. The molecule has 0 unspecified atom stereocenters. The Hall–Kier alpha value is -2.01. The van der Waals surface area contributed by atoms with Gasteiger partial charge in [-0.3, -0.25) is 9.59 Å². The van der Waals surface area contributed by atoms with Crippen molar-refractivity contribution in [3.8, 4) is 11.5 Å². The van der Waals surface area contributed by atoms with Gasteiger partial charge < -0.3 is 9.47 Å². The van der Waals surface area contributed by atoms with Crippen molar-refractivity contribution in [1.29, 1.82) is 0 Å². The Morgan fingerprint density at radius 1 is 1.15 bits per heavy atom. The zero-order valence-corrected chi connectivity index (χ0v) is 15.7. The van der Waals surface area contributed by atoms with Crippen LogP contribution < -0.4 is 9.47 Å². The van der Waals surface area contributed by atoms with Crippen LogP contribution in [-0.2, 0) is 4.79 Å². The van der Waals surface area contributed by atoms with Gasteiger partial charge in [0.1, 0.15) is 11.5 Å². The number of fused-ring (bicyclic) bond motifs is 1. The highest BCUT2D eigenvalue weighted by molar-refractivity contribution is 6.35. The summed E-state index contributed by atoms with van der Waals surface area (Å²) in [6, 6.07) is 9.58. The SMILES string of the molecule is O=C(CCCCl)Oc1ccc2c(c1)OC(=Cc1ccc(Cl)cc1Cl)C2=O. The number of rotatable bonds is 5. The second kappa shape index (κ2) is 8.12. The third kappa shape index (κ3) is 4.21. The largest absolute Gasteiger partial charge is 0.452 e.